The molecule has 0 bridgehead atoms. The van der Waals surface area contributed by atoms with Gasteiger partial charge in [0.05, 0.1) is 11.4 Å². The lowest BCUT2D eigenvalue weighted by atomic mass is 10.1. The van der Waals surface area contributed by atoms with E-state index in [-0.39, 0.29) is 0 Å². The highest BCUT2D eigenvalue weighted by Crippen LogP contribution is 2.32. The zero-order valence-corrected chi connectivity index (χ0v) is 20.1. The maximum atomic E-state index is 4.78. The average molecular weight is 481 g/mol. The third-order valence-corrected chi connectivity index (χ3v) is 6.69. The van der Waals surface area contributed by atoms with Gasteiger partial charge in [0, 0.05) is 82.7 Å². The first-order chi connectivity index (χ1) is 17.8. The lowest BCUT2D eigenvalue weighted by molar-refractivity contribution is 0.618. The van der Waals surface area contributed by atoms with E-state index >= 15 is 0 Å². The van der Waals surface area contributed by atoms with Gasteiger partial charge in [-0.3, -0.25) is 0 Å². The molecule has 0 N–H and O–H groups in total. The van der Waals surface area contributed by atoms with Crippen LogP contribution in [0.2, 0.25) is 0 Å². The lowest BCUT2D eigenvalue weighted by Gasteiger charge is -2.40. The van der Waals surface area contributed by atoms with Crippen molar-refractivity contribution in [1.82, 2.24) is 30.1 Å². The summed E-state index contributed by atoms with van der Waals surface area (Å²) in [6.45, 7) is 6.78. The van der Waals surface area contributed by atoms with Crippen molar-refractivity contribution in [2.75, 3.05) is 72.0 Å². The van der Waals surface area contributed by atoms with Gasteiger partial charge >= 0.3 is 0 Å². The molecule has 3 aromatic heterocycles. The molecule has 10 nitrogen and oxygen atoms in total. The molecule has 2 aliphatic rings. The standard InChI is InChI=1S/C26H28N10/c1-2-6-21(7-3-1)22-20-23(33-12-16-35(17-13-33)25-27-8-4-9-28-25)24(32-31-22)34-14-18-36(19-15-34)26-29-10-5-11-30-26/h1-11,20H,12-19H2. The van der Waals surface area contributed by atoms with E-state index in [1.54, 1.807) is 24.8 Å². The molecule has 0 unspecified atom stereocenters. The van der Waals surface area contributed by atoms with E-state index in [1.165, 1.54) is 0 Å². The summed E-state index contributed by atoms with van der Waals surface area (Å²) >= 11 is 0. The fraction of sp³-hybridized carbons (Fsp3) is 0.308. The van der Waals surface area contributed by atoms with Crippen molar-refractivity contribution in [3.05, 3.63) is 73.3 Å². The molecule has 5 heterocycles. The van der Waals surface area contributed by atoms with Gasteiger partial charge in [-0.15, -0.1) is 10.2 Å². The van der Waals surface area contributed by atoms with Crippen LogP contribution in [0.3, 0.4) is 0 Å². The number of benzene rings is 1. The molecule has 0 saturated carbocycles. The molecular formula is C26H28N10. The summed E-state index contributed by atoms with van der Waals surface area (Å²) in [7, 11) is 0. The number of hydrogen-bond donors (Lipinski definition) is 0. The van der Waals surface area contributed by atoms with Gasteiger partial charge in [0.15, 0.2) is 5.82 Å². The topological polar surface area (TPSA) is 90.3 Å². The molecule has 36 heavy (non-hydrogen) atoms. The normalized spacial score (nSPS) is 16.3. The number of aromatic nitrogens is 6. The van der Waals surface area contributed by atoms with Gasteiger partial charge in [-0.2, -0.15) is 0 Å². The quantitative estimate of drug-likeness (QED) is 0.424. The maximum absolute atomic E-state index is 4.78. The number of hydrogen-bond acceptors (Lipinski definition) is 10. The van der Waals surface area contributed by atoms with Gasteiger partial charge in [-0.1, -0.05) is 30.3 Å². The predicted molar refractivity (Wildman–Crippen MR) is 140 cm³/mol. The van der Waals surface area contributed by atoms with Gasteiger partial charge < -0.3 is 19.6 Å². The van der Waals surface area contributed by atoms with Crippen molar-refractivity contribution in [2.45, 2.75) is 0 Å². The Hall–Kier alpha value is -4.34. The number of rotatable bonds is 5. The highest BCUT2D eigenvalue weighted by atomic mass is 15.4. The Morgan fingerprint density at radius 2 is 1.00 bits per heavy atom. The first kappa shape index (κ1) is 22.1. The number of nitrogens with zero attached hydrogens (tertiary/aromatic N) is 10. The maximum Gasteiger partial charge on any atom is 0.225 e. The van der Waals surface area contributed by atoms with Crippen LogP contribution in [0.25, 0.3) is 11.3 Å². The van der Waals surface area contributed by atoms with E-state index in [4.69, 9.17) is 5.10 Å². The summed E-state index contributed by atoms with van der Waals surface area (Å²) in [5, 5.41) is 9.41. The SMILES string of the molecule is c1ccc(-c2cc(N3CCN(c4ncccn4)CC3)c(N3CCN(c4ncccn4)CC3)nn2)cc1. The molecule has 0 amide bonds. The molecular weight excluding hydrogens is 452 g/mol. The third-order valence-electron chi connectivity index (χ3n) is 6.69. The Bertz CT molecular complexity index is 1260. The van der Waals surface area contributed by atoms with Gasteiger partial charge in [-0.25, -0.2) is 19.9 Å². The van der Waals surface area contributed by atoms with Crippen LogP contribution >= 0.6 is 0 Å². The van der Waals surface area contributed by atoms with E-state index in [1.807, 2.05) is 30.3 Å². The minimum Gasteiger partial charge on any atom is -0.365 e. The highest BCUT2D eigenvalue weighted by Gasteiger charge is 2.27. The van der Waals surface area contributed by atoms with Crippen LogP contribution in [-0.4, -0.2) is 82.5 Å². The molecule has 2 aliphatic heterocycles. The summed E-state index contributed by atoms with van der Waals surface area (Å²) < 4.78 is 0. The first-order valence-electron chi connectivity index (χ1n) is 12.3. The van der Waals surface area contributed by atoms with Crippen molar-refractivity contribution < 1.29 is 0 Å². The zero-order valence-electron chi connectivity index (χ0n) is 20.1. The number of piperazine rings is 2. The monoisotopic (exact) mass is 480 g/mol. The molecule has 2 saturated heterocycles. The van der Waals surface area contributed by atoms with Crippen molar-refractivity contribution >= 4 is 23.4 Å². The van der Waals surface area contributed by atoms with Crippen LogP contribution in [0.4, 0.5) is 23.4 Å². The van der Waals surface area contributed by atoms with Gasteiger partial charge in [0.25, 0.3) is 0 Å². The highest BCUT2D eigenvalue weighted by molar-refractivity contribution is 5.73. The molecule has 0 aliphatic carbocycles. The Morgan fingerprint density at radius 1 is 0.500 bits per heavy atom. The fourth-order valence-electron chi connectivity index (χ4n) is 4.76. The summed E-state index contributed by atoms with van der Waals surface area (Å²) in [6, 6.07) is 16.1. The van der Waals surface area contributed by atoms with Crippen LogP contribution < -0.4 is 19.6 Å². The smallest absolute Gasteiger partial charge is 0.225 e. The van der Waals surface area contributed by atoms with Crippen LogP contribution in [-0.2, 0) is 0 Å². The van der Waals surface area contributed by atoms with Crippen LogP contribution in [0.5, 0.6) is 0 Å². The second kappa shape index (κ2) is 10.1. The van der Waals surface area contributed by atoms with Crippen molar-refractivity contribution in [3.63, 3.8) is 0 Å². The minimum absolute atomic E-state index is 0.780. The average Bonchev–Trinajstić information content (AvgIpc) is 2.98. The summed E-state index contributed by atoms with van der Waals surface area (Å²) in [5.41, 5.74) is 3.08. The zero-order chi connectivity index (χ0) is 24.2. The van der Waals surface area contributed by atoms with Gasteiger partial charge in [0.1, 0.15) is 0 Å². The summed E-state index contributed by atoms with van der Waals surface area (Å²) in [6.07, 6.45) is 7.18. The van der Waals surface area contributed by atoms with E-state index in [9.17, 15) is 0 Å². The summed E-state index contributed by atoms with van der Waals surface area (Å²) in [5.74, 6) is 2.50. The first-order valence-corrected chi connectivity index (χ1v) is 12.3. The van der Waals surface area contributed by atoms with E-state index < -0.39 is 0 Å². The van der Waals surface area contributed by atoms with Crippen molar-refractivity contribution in [3.8, 4) is 11.3 Å². The largest absolute Gasteiger partial charge is 0.365 e. The Balaban J connectivity index is 1.24. The molecule has 1 aromatic carbocycles. The Labute approximate surface area is 210 Å². The molecule has 0 atom stereocenters. The van der Waals surface area contributed by atoms with Crippen LogP contribution in [0, 0.1) is 0 Å². The molecule has 0 radical (unpaired) electrons. The van der Waals surface area contributed by atoms with Gasteiger partial charge in [-0.05, 0) is 18.2 Å². The summed E-state index contributed by atoms with van der Waals surface area (Å²) in [4.78, 5) is 26.9. The minimum atomic E-state index is 0.780. The second-order valence-corrected chi connectivity index (χ2v) is 8.85. The molecule has 182 valence electrons. The fourth-order valence-corrected chi connectivity index (χ4v) is 4.76. The second-order valence-electron chi connectivity index (χ2n) is 8.85. The van der Waals surface area contributed by atoms with E-state index in [0.717, 1.165) is 87.0 Å². The Morgan fingerprint density at radius 3 is 1.56 bits per heavy atom. The molecule has 2 fully saturated rings. The van der Waals surface area contributed by atoms with Crippen molar-refractivity contribution in [1.29, 1.82) is 0 Å². The van der Waals surface area contributed by atoms with Gasteiger partial charge in [0.2, 0.25) is 11.9 Å². The van der Waals surface area contributed by atoms with Crippen LogP contribution in [0.1, 0.15) is 0 Å². The number of anilines is 4. The van der Waals surface area contributed by atoms with Crippen molar-refractivity contribution in [2.24, 2.45) is 0 Å². The third kappa shape index (κ3) is 4.61. The van der Waals surface area contributed by atoms with Crippen LogP contribution in [0.15, 0.2) is 73.3 Å². The predicted octanol–water partition coefficient (Wildman–Crippen LogP) is 2.38. The Kier molecular flexibility index (Phi) is 6.22. The molecule has 6 rings (SSSR count). The van der Waals surface area contributed by atoms with E-state index in [2.05, 4.69) is 62.8 Å². The van der Waals surface area contributed by atoms with E-state index in [0.29, 0.717) is 0 Å². The molecule has 4 aromatic rings. The molecule has 0 spiro atoms. The molecule has 10 heteroatoms. The lowest BCUT2D eigenvalue weighted by Crippen LogP contribution is -2.50.